The van der Waals surface area contributed by atoms with E-state index in [-0.39, 0.29) is 0 Å². The first-order chi connectivity index (χ1) is 8.74. The number of guanidine groups is 1. The summed E-state index contributed by atoms with van der Waals surface area (Å²) in [6.45, 7) is 3.97. The molecule has 1 aliphatic carbocycles. The molecule has 1 fully saturated rings. The van der Waals surface area contributed by atoms with Crippen LogP contribution in [0.15, 0.2) is 35.3 Å². The monoisotopic (exact) mass is 245 g/mol. The summed E-state index contributed by atoms with van der Waals surface area (Å²) < 4.78 is 0. The Morgan fingerprint density at radius 2 is 2.06 bits per heavy atom. The highest BCUT2D eigenvalue weighted by atomic mass is 15.1. The van der Waals surface area contributed by atoms with Gasteiger partial charge in [-0.25, -0.2) is 0 Å². The molecule has 2 rings (SSSR count). The lowest BCUT2D eigenvalue weighted by Gasteiger charge is -2.10. The molecule has 3 heteroatoms. The van der Waals surface area contributed by atoms with Crippen LogP contribution < -0.4 is 11.1 Å². The maximum Gasteiger partial charge on any atom is 0.188 e. The molecule has 0 bridgehead atoms. The molecule has 0 aliphatic heterocycles. The van der Waals surface area contributed by atoms with Gasteiger partial charge in [0.15, 0.2) is 5.96 Å². The summed E-state index contributed by atoms with van der Waals surface area (Å²) in [4.78, 5) is 4.44. The van der Waals surface area contributed by atoms with Gasteiger partial charge >= 0.3 is 0 Å². The summed E-state index contributed by atoms with van der Waals surface area (Å²) in [7, 11) is 0. The number of nitrogens with one attached hydrogen (secondary N) is 1. The quantitative estimate of drug-likeness (QED) is 0.597. The summed E-state index contributed by atoms with van der Waals surface area (Å²) in [5, 5.41) is 3.18. The van der Waals surface area contributed by atoms with E-state index in [9.17, 15) is 0 Å². The van der Waals surface area contributed by atoms with E-state index < -0.39 is 0 Å². The van der Waals surface area contributed by atoms with Crippen LogP contribution in [-0.2, 0) is 6.42 Å². The zero-order valence-corrected chi connectivity index (χ0v) is 11.2. The topological polar surface area (TPSA) is 50.4 Å². The Labute approximate surface area is 109 Å². The molecule has 0 saturated heterocycles. The fraction of sp³-hybridized carbons (Fsp3) is 0.533. The minimum Gasteiger partial charge on any atom is -0.370 e. The predicted molar refractivity (Wildman–Crippen MR) is 76.6 cm³/mol. The van der Waals surface area contributed by atoms with Gasteiger partial charge in [0.1, 0.15) is 0 Å². The summed E-state index contributed by atoms with van der Waals surface area (Å²) in [6.07, 6.45) is 4.82. The predicted octanol–water partition coefficient (Wildman–Crippen LogP) is 2.32. The molecular formula is C15H23N3. The van der Waals surface area contributed by atoms with Crippen LogP contribution in [0.2, 0.25) is 0 Å². The first-order valence-electron chi connectivity index (χ1n) is 6.82. The third-order valence-electron chi connectivity index (χ3n) is 3.85. The van der Waals surface area contributed by atoms with Crippen molar-refractivity contribution in [3.63, 3.8) is 0 Å². The summed E-state index contributed by atoms with van der Waals surface area (Å²) in [5.41, 5.74) is 7.67. The Balaban J connectivity index is 1.68. The van der Waals surface area contributed by atoms with Crippen molar-refractivity contribution in [2.24, 2.45) is 16.1 Å². The number of nitrogens with two attached hydrogens (primary N) is 1. The van der Waals surface area contributed by atoms with Crippen LogP contribution in [0.25, 0.3) is 0 Å². The molecule has 0 amide bonds. The van der Waals surface area contributed by atoms with Gasteiger partial charge in [0.05, 0.1) is 0 Å². The van der Waals surface area contributed by atoms with Gasteiger partial charge in [-0.3, -0.25) is 4.99 Å². The summed E-state index contributed by atoms with van der Waals surface area (Å²) >= 11 is 0. The van der Waals surface area contributed by atoms with Crippen molar-refractivity contribution in [1.82, 2.24) is 5.32 Å². The van der Waals surface area contributed by atoms with Gasteiger partial charge in [-0.1, -0.05) is 37.3 Å². The van der Waals surface area contributed by atoms with Crippen LogP contribution in [0, 0.1) is 5.41 Å². The Kier molecular flexibility index (Phi) is 4.24. The number of aliphatic imine (C=N–C) groups is 1. The smallest absolute Gasteiger partial charge is 0.188 e. The molecule has 18 heavy (non-hydrogen) atoms. The second kappa shape index (κ2) is 5.89. The molecule has 0 spiro atoms. The fourth-order valence-corrected chi connectivity index (χ4v) is 2.09. The lowest BCUT2D eigenvalue weighted by molar-refractivity contribution is 0.505. The Bertz CT molecular complexity index is 393. The molecule has 0 aromatic heterocycles. The molecule has 0 atom stereocenters. The van der Waals surface area contributed by atoms with E-state index in [1.165, 1.54) is 24.8 Å². The molecule has 98 valence electrons. The second-order valence-electron chi connectivity index (χ2n) is 5.22. The van der Waals surface area contributed by atoms with Crippen molar-refractivity contribution in [3.05, 3.63) is 35.9 Å². The molecule has 0 unspecified atom stereocenters. The highest BCUT2D eigenvalue weighted by Gasteiger charge is 2.40. The number of benzene rings is 1. The first kappa shape index (κ1) is 12.9. The van der Waals surface area contributed by atoms with Crippen molar-refractivity contribution in [1.29, 1.82) is 0 Å². The van der Waals surface area contributed by atoms with Crippen molar-refractivity contribution < 1.29 is 0 Å². The van der Waals surface area contributed by atoms with Crippen LogP contribution in [-0.4, -0.2) is 19.0 Å². The first-order valence-corrected chi connectivity index (χ1v) is 6.82. The van der Waals surface area contributed by atoms with E-state index in [1.807, 2.05) is 6.07 Å². The van der Waals surface area contributed by atoms with E-state index in [1.54, 1.807) is 0 Å². The highest BCUT2D eigenvalue weighted by molar-refractivity contribution is 5.77. The third-order valence-corrected chi connectivity index (χ3v) is 3.85. The minimum absolute atomic E-state index is 0.478. The van der Waals surface area contributed by atoms with Crippen LogP contribution in [0.1, 0.15) is 31.7 Å². The molecule has 3 nitrogen and oxygen atoms in total. The standard InChI is InChI=1S/C15H23N3/c1-2-15(9-10-15)12-18-14(16)17-11-8-13-6-4-3-5-7-13/h3-7H,2,8-12H2,1H3,(H3,16,17,18). The Hall–Kier alpha value is -1.51. The zero-order chi connectivity index (χ0) is 12.8. The lowest BCUT2D eigenvalue weighted by Crippen LogP contribution is -2.33. The molecule has 1 aromatic carbocycles. The van der Waals surface area contributed by atoms with Crippen LogP contribution >= 0.6 is 0 Å². The Morgan fingerprint density at radius 3 is 2.67 bits per heavy atom. The average molecular weight is 245 g/mol. The van der Waals surface area contributed by atoms with E-state index in [0.29, 0.717) is 11.4 Å². The maximum atomic E-state index is 5.87. The normalized spacial score (nSPS) is 17.5. The molecule has 1 aliphatic rings. The highest BCUT2D eigenvalue weighted by Crippen LogP contribution is 2.48. The Morgan fingerprint density at radius 1 is 1.33 bits per heavy atom. The average Bonchev–Trinajstić information content (AvgIpc) is 3.18. The largest absolute Gasteiger partial charge is 0.370 e. The molecule has 3 N–H and O–H groups in total. The number of nitrogens with zero attached hydrogens (tertiary/aromatic N) is 1. The second-order valence-corrected chi connectivity index (χ2v) is 5.22. The van der Waals surface area contributed by atoms with E-state index in [4.69, 9.17) is 5.73 Å². The van der Waals surface area contributed by atoms with Crippen LogP contribution in [0.4, 0.5) is 0 Å². The molecule has 1 aromatic rings. The molecule has 0 heterocycles. The lowest BCUT2D eigenvalue weighted by atomic mass is 10.1. The molecular weight excluding hydrogens is 222 g/mol. The summed E-state index contributed by atoms with van der Waals surface area (Å²) in [6, 6.07) is 10.4. The van der Waals surface area contributed by atoms with Gasteiger partial charge in [0.2, 0.25) is 0 Å². The van der Waals surface area contributed by atoms with Gasteiger partial charge in [-0.15, -0.1) is 0 Å². The van der Waals surface area contributed by atoms with Crippen molar-refractivity contribution >= 4 is 5.96 Å². The third kappa shape index (κ3) is 3.76. The molecule has 1 saturated carbocycles. The van der Waals surface area contributed by atoms with Crippen molar-refractivity contribution in [3.8, 4) is 0 Å². The van der Waals surface area contributed by atoms with E-state index in [2.05, 4.69) is 41.5 Å². The van der Waals surface area contributed by atoms with E-state index in [0.717, 1.165) is 19.5 Å². The van der Waals surface area contributed by atoms with Crippen molar-refractivity contribution in [2.75, 3.05) is 13.1 Å². The molecule has 0 radical (unpaired) electrons. The zero-order valence-electron chi connectivity index (χ0n) is 11.2. The van der Waals surface area contributed by atoms with Gasteiger partial charge in [0.25, 0.3) is 0 Å². The van der Waals surface area contributed by atoms with Crippen LogP contribution in [0.5, 0.6) is 0 Å². The number of hydrogen-bond acceptors (Lipinski definition) is 1. The van der Waals surface area contributed by atoms with Crippen LogP contribution in [0.3, 0.4) is 0 Å². The SMILES string of the molecule is CCC1(CN=C(N)NCCc2ccccc2)CC1. The maximum absolute atomic E-state index is 5.87. The van der Waals surface area contributed by atoms with Crippen molar-refractivity contribution in [2.45, 2.75) is 32.6 Å². The van der Waals surface area contributed by atoms with Gasteiger partial charge in [-0.2, -0.15) is 0 Å². The van der Waals surface area contributed by atoms with Gasteiger partial charge < -0.3 is 11.1 Å². The number of rotatable bonds is 6. The van der Waals surface area contributed by atoms with Gasteiger partial charge in [-0.05, 0) is 36.7 Å². The number of hydrogen-bond donors (Lipinski definition) is 2. The summed E-state index contributed by atoms with van der Waals surface area (Å²) in [5.74, 6) is 0.589. The fourth-order valence-electron chi connectivity index (χ4n) is 2.09. The van der Waals surface area contributed by atoms with E-state index >= 15 is 0 Å². The minimum atomic E-state index is 0.478. The van der Waals surface area contributed by atoms with Gasteiger partial charge in [0, 0.05) is 13.1 Å².